The monoisotopic (exact) mass is 313 g/mol. The number of fused-ring (bicyclic) bond motifs is 1. The number of hydrogen-bond donors (Lipinski definition) is 1. The van der Waals surface area contributed by atoms with Gasteiger partial charge in [-0.2, -0.15) is 5.10 Å². The molecular weight excluding hydrogens is 290 g/mol. The number of aliphatic hydroxyl groups excluding tert-OH is 1. The molecule has 0 radical (unpaired) electrons. The zero-order valence-electron chi connectivity index (χ0n) is 13.2. The molecule has 23 heavy (non-hydrogen) atoms. The summed E-state index contributed by atoms with van der Waals surface area (Å²) in [4.78, 5) is 2.52. The van der Waals surface area contributed by atoms with Crippen LogP contribution in [0.25, 0.3) is 5.69 Å². The van der Waals surface area contributed by atoms with E-state index in [9.17, 15) is 5.11 Å². The molecule has 5 heteroatoms. The maximum atomic E-state index is 9.43. The number of aromatic nitrogens is 2. The number of nitrogens with zero attached hydrogens (tertiary/aromatic N) is 3. The van der Waals surface area contributed by atoms with Crippen LogP contribution in [0.1, 0.15) is 18.4 Å². The second-order valence-electron chi connectivity index (χ2n) is 6.58. The number of hydrogen-bond acceptors (Lipinski definition) is 4. The second kappa shape index (κ2) is 6.43. The van der Waals surface area contributed by atoms with Gasteiger partial charge in [-0.3, -0.25) is 4.90 Å². The molecule has 2 aromatic rings. The van der Waals surface area contributed by atoms with Crippen LogP contribution in [0.2, 0.25) is 0 Å². The van der Waals surface area contributed by atoms with Gasteiger partial charge in [0.05, 0.1) is 18.4 Å². The van der Waals surface area contributed by atoms with Gasteiger partial charge >= 0.3 is 0 Å². The fourth-order valence-corrected chi connectivity index (χ4v) is 3.88. The largest absolute Gasteiger partial charge is 0.396 e. The van der Waals surface area contributed by atoms with Crippen molar-refractivity contribution >= 4 is 0 Å². The first-order valence-electron chi connectivity index (χ1n) is 8.39. The van der Waals surface area contributed by atoms with Gasteiger partial charge in [-0.1, -0.05) is 12.1 Å². The molecule has 4 rings (SSSR count). The molecule has 2 heterocycles. The van der Waals surface area contributed by atoms with E-state index in [1.165, 1.54) is 5.56 Å². The summed E-state index contributed by atoms with van der Waals surface area (Å²) in [7, 11) is 0. The van der Waals surface area contributed by atoms with E-state index in [0.29, 0.717) is 18.1 Å². The normalized spacial score (nSPS) is 28.0. The minimum atomic E-state index is 0.281. The van der Waals surface area contributed by atoms with Crippen molar-refractivity contribution in [2.75, 3.05) is 19.8 Å². The maximum absolute atomic E-state index is 9.43. The lowest BCUT2D eigenvalue weighted by Gasteiger charge is -2.37. The van der Waals surface area contributed by atoms with Crippen LogP contribution in [0, 0.1) is 5.92 Å². The molecule has 1 N–H and O–H groups in total. The standard InChI is InChI=1S/C18H23N3O2/c22-13-15-10-17-18(11-15)23-9-8-20(17)12-14-2-4-16(5-3-14)21-7-1-6-19-21/h1-7,15,17-18,22H,8-13H2/t15-,17+,18+/m1/s1. The summed E-state index contributed by atoms with van der Waals surface area (Å²) in [6, 6.07) is 11.0. The average molecular weight is 313 g/mol. The van der Waals surface area contributed by atoms with E-state index in [0.717, 1.165) is 38.2 Å². The molecular formula is C18H23N3O2. The predicted octanol–water partition coefficient (Wildman–Crippen LogP) is 1.84. The van der Waals surface area contributed by atoms with Crippen LogP contribution in [0.3, 0.4) is 0 Å². The first kappa shape index (κ1) is 14.9. The van der Waals surface area contributed by atoms with Crippen molar-refractivity contribution in [3.63, 3.8) is 0 Å². The zero-order chi connectivity index (χ0) is 15.6. The number of rotatable bonds is 4. The Kier molecular flexibility index (Phi) is 4.16. The van der Waals surface area contributed by atoms with Crippen molar-refractivity contribution in [3.8, 4) is 5.69 Å². The van der Waals surface area contributed by atoms with Gasteiger partial charge in [0.15, 0.2) is 0 Å². The Labute approximate surface area is 136 Å². The molecule has 0 bridgehead atoms. The van der Waals surface area contributed by atoms with Gasteiger partial charge in [-0.15, -0.1) is 0 Å². The molecule has 0 spiro atoms. The average Bonchev–Trinajstić information content (AvgIpc) is 3.25. The summed E-state index contributed by atoms with van der Waals surface area (Å²) < 4.78 is 7.78. The van der Waals surface area contributed by atoms with Gasteiger partial charge in [0, 0.05) is 38.1 Å². The van der Waals surface area contributed by atoms with Crippen LogP contribution in [-0.4, -0.2) is 51.7 Å². The quantitative estimate of drug-likeness (QED) is 0.936. The van der Waals surface area contributed by atoms with Crippen molar-refractivity contribution < 1.29 is 9.84 Å². The molecule has 0 amide bonds. The van der Waals surface area contributed by atoms with Crippen LogP contribution in [0.15, 0.2) is 42.7 Å². The summed E-state index contributed by atoms with van der Waals surface area (Å²) in [5.74, 6) is 0.396. The highest BCUT2D eigenvalue weighted by atomic mass is 16.5. The molecule has 1 saturated heterocycles. The van der Waals surface area contributed by atoms with Crippen LogP contribution in [0.4, 0.5) is 0 Å². The summed E-state index contributed by atoms with van der Waals surface area (Å²) >= 11 is 0. The fourth-order valence-electron chi connectivity index (χ4n) is 3.88. The summed E-state index contributed by atoms with van der Waals surface area (Å²) in [6.07, 6.45) is 6.08. The minimum Gasteiger partial charge on any atom is -0.396 e. The van der Waals surface area contributed by atoms with E-state index in [2.05, 4.69) is 34.3 Å². The SMILES string of the molecule is OC[C@H]1C[C@@H]2OCCN(Cc3ccc(-n4cccn4)cc3)[C@H]2C1. The van der Waals surface area contributed by atoms with Crippen molar-refractivity contribution in [2.24, 2.45) is 5.92 Å². The van der Waals surface area contributed by atoms with E-state index in [1.807, 2.05) is 16.9 Å². The molecule has 0 unspecified atom stereocenters. The van der Waals surface area contributed by atoms with Crippen molar-refractivity contribution in [1.82, 2.24) is 14.7 Å². The number of morpholine rings is 1. The maximum Gasteiger partial charge on any atom is 0.0734 e. The topological polar surface area (TPSA) is 50.5 Å². The van der Waals surface area contributed by atoms with Crippen LogP contribution < -0.4 is 0 Å². The molecule has 1 aliphatic heterocycles. The molecule has 3 atom stereocenters. The van der Waals surface area contributed by atoms with Crippen LogP contribution in [0.5, 0.6) is 0 Å². The first-order chi connectivity index (χ1) is 11.3. The lowest BCUT2D eigenvalue weighted by molar-refractivity contribution is -0.0590. The number of aliphatic hydroxyl groups is 1. The predicted molar refractivity (Wildman–Crippen MR) is 87.3 cm³/mol. The molecule has 1 saturated carbocycles. The Hall–Kier alpha value is -1.69. The molecule has 2 aliphatic rings. The zero-order valence-corrected chi connectivity index (χ0v) is 13.2. The van der Waals surface area contributed by atoms with Crippen LogP contribution in [-0.2, 0) is 11.3 Å². The van der Waals surface area contributed by atoms with Gasteiger partial charge in [-0.25, -0.2) is 4.68 Å². The molecule has 1 aromatic heterocycles. The molecule has 2 fully saturated rings. The fraction of sp³-hybridized carbons (Fsp3) is 0.500. The highest BCUT2D eigenvalue weighted by Crippen LogP contribution is 2.34. The smallest absolute Gasteiger partial charge is 0.0734 e. The number of benzene rings is 1. The minimum absolute atomic E-state index is 0.281. The molecule has 122 valence electrons. The van der Waals surface area contributed by atoms with Gasteiger partial charge in [-0.05, 0) is 42.5 Å². The van der Waals surface area contributed by atoms with E-state index in [1.54, 1.807) is 6.20 Å². The molecule has 1 aromatic carbocycles. The van der Waals surface area contributed by atoms with Crippen LogP contribution >= 0.6 is 0 Å². The highest BCUT2D eigenvalue weighted by molar-refractivity contribution is 5.33. The third-order valence-corrected chi connectivity index (χ3v) is 5.10. The summed E-state index contributed by atoms with van der Waals surface area (Å²) in [6.45, 7) is 3.00. The Morgan fingerprint density at radius 1 is 1.22 bits per heavy atom. The van der Waals surface area contributed by atoms with E-state index in [4.69, 9.17) is 4.74 Å². The lowest BCUT2D eigenvalue weighted by atomic mass is 10.1. The van der Waals surface area contributed by atoms with Gasteiger partial charge in [0.25, 0.3) is 0 Å². The van der Waals surface area contributed by atoms with Crippen molar-refractivity contribution in [2.45, 2.75) is 31.5 Å². The van der Waals surface area contributed by atoms with E-state index >= 15 is 0 Å². The number of ether oxygens (including phenoxy) is 1. The van der Waals surface area contributed by atoms with Gasteiger partial charge in [0.1, 0.15) is 0 Å². The Balaban J connectivity index is 1.45. The Morgan fingerprint density at radius 2 is 2.09 bits per heavy atom. The molecule has 1 aliphatic carbocycles. The Bertz CT molecular complexity index is 626. The van der Waals surface area contributed by atoms with Crippen molar-refractivity contribution in [1.29, 1.82) is 0 Å². The first-order valence-corrected chi connectivity index (χ1v) is 8.39. The highest BCUT2D eigenvalue weighted by Gasteiger charge is 2.40. The second-order valence-corrected chi connectivity index (χ2v) is 6.58. The van der Waals surface area contributed by atoms with E-state index < -0.39 is 0 Å². The third kappa shape index (κ3) is 3.04. The Morgan fingerprint density at radius 3 is 2.83 bits per heavy atom. The summed E-state index contributed by atoms with van der Waals surface area (Å²) in [5, 5.41) is 13.7. The van der Waals surface area contributed by atoms with Gasteiger partial charge < -0.3 is 9.84 Å². The van der Waals surface area contributed by atoms with Gasteiger partial charge in [0.2, 0.25) is 0 Å². The van der Waals surface area contributed by atoms with E-state index in [-0.39, 0.29) is 6.61 Å². The van der Waals surface area contributed by atoms with Crippen molar-refractivity contribution in [3.05, 3.63) is 48.3 Å². The third-order valence-electron chi connectivity index (χ3n) is 5.10. The lowest BCUT2D eigenvalue weighted by Crippen LogP contribution is -2.47. The summed E-state index contributed by atoms with van der Waals surface area (Å²) in [5.41, 5.74) is 2.40. The molecule has 5 nitrogen and oxygen atoms in total.